The molecule has 0 spiro atoms. The summed E-state index contributed by atoms with van der Waals surface area (Å²) in [6, 6.07) is 0. The molecule has 0 aromatic rings. The lowest BCUT2D eigenvalue weighted by atomic mass is 9.96. The predicted octanol–water partition coefficient (Wildman–Crippen LogP) is 3.86. The minimum atomic E-state index is 0.234. The van der Waals surface area contributed by atoms with Crippen molar-refractivity contribution in [2.24, 2.45) is 5.92 Å². The minimum absolute atomic E-state index is 0.234. The first kappa shape index (κ1) is 15.8. The molecule has 0 aliphatic heterocycles. The van der Waals surface area contributed by atoms with Gasteiger partial charge in [-0.05, 0) is 45.1 Å². The molecule has 0 amide bonds. The van der Waals surface area contributed by atoms with E-state index in [0.29, 0.717) is 12.3 Å². The molecule has 0 saturated carbocycles. The number of carbonyl (C=O) groups is 2. The van der Waals surface area contributed by atoms with Gasteiger partial charge in [-0.1, -0.05) is 31.1 Å². The van der Waals surface area contributed by atoms with E-state index in [9.17, 15) is 9.59 Å². The van der Waals surface area contributed by atoms with Crippen LogP contribution in [0.3, 0.4) is 0 Å². The Hall–Kier alpha value is -1.18. The first-order valence-corrected chi connectivity index (χ1v) is 6.26. The van der Waals surface area contributed by atoms with Gasteiger partial charge in [-0.3, -0.25) is 4.79 Å². The number of carbonyl (C=O) groups excluding carboxylic acids is 2. The van der Waals surface area contributed by atoms with E-state index in [1.54, 1.807) is 13.0 Å². The Bertz CT molecular complexity index is 309. The van der Waals surface area contributed by atoms with Gasteiger partial charge in [-0.25, -0.2) is 0 Å². The molecule has 0 saturated heterocycles. The zero-order valence-corrected chi connectivity index (χ0v) is 11.5. The highest BCUT2D eigenvalue weighted by Crippen LogP contribution is 2.18. The van der Waals surface area contributed by atoms with Crippen LogP contribution >= 0.6 is 0 Å². The summed E-state index contributed by atoms with van der Waals surface area (Å²) in [5.41, 5.74) is 2.49. The second-order valence-electron chi connectivity index (χ2n) is 4.82. The molecule has 0 atom stereocenters. The third kappa shape index (κ3) is 8.61. The molecule has 0 fully saturated rings. The molecule has 0 aliphatic carbocycles. The second-order valence-corrected chi connectivity index (χ2v) is 4.82. The van der Waals surface area contributed by atoms with Crippen LogP contribution in [0.15, 0.2) is 23.3 Å². The highest BCUT2D eigenvalue weighted by molar-refractivity contribution is 5.75. The van der Waals surface area contributed by atoms with Crippen LogP contribution in [-0.2, 0) is 9.59 Å². The molecule has 96 valence electrons. The molecule has 0 aromatic carbocycles. The number of hydrogen-bond acceptors (Lipinski definition) is 2. The largest absolute Gasteiger partial charge is 0.300 e. The maximum absolute atomic E-state index is 10.8. The SMILES string of the molecule is CC(=O)CCC=C(C)CCC(=CC=O)C(C)C. The van der Waals surface area contributed by atoms with Crippen LogP contribution in [0, 0.1) is 5.92 Å². The summed E-state index contributed by atoms with van der Waals surface area (Å²) in [6.45, 7) is 7.90. The van der Waals surface area contributed by atoms with E-state index in [0.717, 1.165) is 25.5 Å². The lowest BCUT2D eigenvalue weighted by molar-refractivity contribution is -0.116. The molecular weight excluding hydrogens is 212 g/mol. The van der Waals surface area contributed by atoms with E-state index in [2.05, 4.69) is 26.8 Å². The van der Waals surface area contributed by atoms with Crippen molar-refractivity contribution >= 4 is 12.1 Å². The van der Waals surface area contributed by atoms with Crippen LogP contribution in [0.4, 0.5) is 0 Å². The van der Waals surface area contributed by atoms with E-state index in [-0.39, 0.29) is 5.78 Å². The third-order valence-corrected chi connectivity index (χ3v) is 2.82. The van der Waals surface area contributed by atoms with Crippen LogP contribution in [-0.4, -0.2) is 12.1 Å². The van der Waals surface area contributed by atoms with Gasteiger partial charge in [-0.2, -0.15) is 0 Å². The van der Waals surface area contributed by atoms with Crippen molar-refractivity contribution in [3.63, 3.8) is 0 Å². The lowest BCUT2D eigenvalue weighted by Crippen LogP contribution is -1.95. The molecule has 2 heteroatoms. The Balaban J connectivity index is 4.12. The number of Topliss-reactive ketones (excluding diaryl/α,β-unsaturated/α-hetero) is 1. The molecule has 0 bridgehead atoms. The Kier molecular flexibility index (Phi) is 8.29. The zero-order chi connectivity index (χ0) is 13.3. The Morgan fingerprint density at radius 2 is 1.76 bits per heavy atom. The fourth-order valence-electron chi connectivity index (χ4n) is 1.62. The number of hydrogen-bond donors (Lipinski definition) is 0. The zero-order valence-electron chi connectivity index (χ0n) is 11.5. The van der Waals surface area contributed by atoms with Crippen molar-refractivity contribution in [1.82, 2.24) is 0 Å². The van der Waals surface area contributed by atoms with Crippen LogP contribution in [0.25, 0.3) is 0 Å². The molecule has 0 heterocycles. The maximum Gasteiger partial charge on any atom is 0.142 e. The molecule has 2 nitrogen and oxygen atoms in total. The van der Waals surface area contributed by atoms with E-state index in [1.165, 1.54) is 11.1 Å². The number of allylic oxidation sites excluding steroid dienone is 4. The van der Waals surface area contributed by atoms with Crippen molar-refractivity contribution in [1.29, 1.82) is 0 Å². The second kappa shape index (κ2) is 8.91. The molecule has 0 unspecified atom stereocenters. The number of rotatable bonds is 8. The van der Waals surface area contributed by atoms with Crippen LogP contribution in [0.5, 0.6) is 0 Å². The monoisotopic (exact) mass is 236 g/mol. The van der Waals surface area contributed by atoms with Gasteiger partial charge in [0, 0.05) is 6.42 Å². The van der Waals surface area contributed by atoms with Crippen molar-refractivity contribution in [3.8, 4) is 0 Å². The normalized spacial score (nSPS) is 13.0. The summed E-state index contributed by atoms with van der Waals surface area (Å²) < 4.78 is 0. The molecule has 0 aromatic heterocycles. The topological polar surface area (TPSA) is 34.1 Å². The van der Waals surface area contributed by atoms with Crippen molar-refractivity contribution in [2.75, 3.05) is 0 Å². The first-order valence-electron chi connectivity index (χ1n) is 6.26. The summed E-state index contributed by atoms with van der Waals surface area (Å²) in [5.74, 6) is 0.656. The van der Waals surface area contributed by atoms with Crippen LogP contribution in [0.2, 0.25) is 0 Å². The Morgan fingerprint density at radius 1 is 1.12 bits per heavy atom. The van der Waals surface area contributed by atoms with Gasteiger partial charge >= 0.3 is 0 Å². The number of ketones is 1. The van der Waals surface area contributed by atoms with E-state index >= 15 is 0 Å². The van der Waals surface area contributed by atoms with Gasteiger partial charge in [0.1, 0.15) is 12.1 Å². The summed E-state index contributed by atoms with van der Waals surface area (Å²) >= 11 is 0. The molecule has 17 heavy (non-hydrogen) atoms. The Labute approximate surface area is 105 Å². The van der Waals surface area contributed by atoms with Crippen molar-refractivity contribution < 1.29 is 9.59 Å². The fourth-order valence-corrected chi connectivity index (χ4v) is 1.62. The van der Waals surface area contributed by atoms with Gasteiger partial charge < -0.3 is 4.79 Å². The molecule has 0 N–H and O–H groups in total. The first-order chi connectivity index (χ1) is 7.97. The van der Waals surface area contributed by atoms with Gasteiger partial charge in [0.25, 0.3) is 0 Å². The summed E-state index contributed by atoms with van der Waals surface area (Å²) in [4.78, 5) is 21.3. The predicted molar refractivity (Wildman–Crippen MR) is 71.9 cm³/mol. The lowest BCUT2D eigenvalue weighted by Gasteiger charge is -2.10. The van der Waals surface area contributed by atoms with Gasteiger partial charge in [0.2, 0.25) is 0 Å². The number of aldehydes is 1. The van der Waals surface area contributed by atoms with Crippen molar-refractivity contribution in [2.45, 2.75) is 53.4 Å². The smallest absolute Gasteiger partial charge is 0.142 e. The van der Waals surface area contributed by atoms with Gasteiger partial charge in [0.15, 0.2) is 0 Å². The van der Waals surface area contributed by atoms with Crippen LogP contribution in [0.1, 0.15) is 53.4 Å². The molecule has 0 rings (SSSR count). The highest BCUT2D eigenvalue weighted by Gasteiger charge is 2.03. The Morgan fingerprint density at radius 3 is 2.24 bits per heavy atom. The summed E-state index contributed by atoms with van der Waals surface area (Å²) in [6.07, 6.45) is 8.01. The summed E-state index contributed by atoms with van der Waals surface area (Å²) in [5, 5.41) is 0. The standard InChI is InChI=1S/C15H24O2/c1-12(2)15(10-11-16)9-8-13(3)6-5-7-14(4)17/h6,10-12H,5,7-9H2,1-4H3. The van der Waals surface area contributed by atoms with Crippen LogP contribution < -0.4 is 0 Å². The molecule has 0 aliphatic rings. The highest BCUT2D eigenvalue weighted by atomic mass is 16.1. The van der Waals surface area contributed by atoms with E-state index in [4.69, 9.17) is 0 Å². The fraction of sp³-hybridized carbons (Fsp3) is 0.600. The van der Waals surface area contributed by atoms with Crippen molar-refractivity contribution in [3.05, 3.63) is 23.3 Å². The summed E-state index contributed by atoms with van der Waals surface area (Å²) in [7, 11) is 0. The van der Waals surface area contributed by atoms with Gasteiger partial charge in [0.05, 0.1) is 0 Å². The average Bonchev–Trinajstić information content (AvgIpc) is 2.23. The molecular formula is C15H24O2. The van der Waals surface area contributed by atoms with Gasteiger partial charge in [-0.15, -0.1) is 0 Å². The minimum Gasteiger partial charge on any atom is -0.300 e. The average molecular weight is 236 g/mol. The molecule has 0 radical (unpaired) electrons. The third-order valence-electron chi connectivity index (χ3n) is 2.82. The maximum atomic E-state index is 10.8. The quantitative estimate of drug-likeness (QED) is 0.364. The van der Waals surface area contributed by atoms with E-state index < -0.39 is 0 Å². The van der Waals surface area contributed by atoms with E-state index in [1.807, 2.05) is 0 Å².